The number of esters is 1. The second kappa shape index (κ2) is 10.4. The SMILES string of the molecule is CCCCCn1nc(C(=O)OCC(=O)N2c3ccccc3Sc3ccccc32)c2ccccc2c1=O. The van der Waals surface area contributed by atoms with Gasteiger partial charge in [-0.1, -0.05) is 74.0 Å². The Morgan fingerprint density at radius 3 is 2.14 bits per heavy atom. The first-order valence-corrected chi connectivity index (χ1v) is 12.8. The Kier molecular flexibility index (Phi) is 6.86. The summed E-state index contributed by atoms with van der Waals surface area (Å²) in [7, 11) is 0. The molecule has 1 aromatic heterocycles. The van der Waals surface area contributed by atoms with Gasteiger partial charge in [0.1, 0.15) is 0 Å². The molecule has 8 heteroatoms. The van der Waals surface area contributed by atoms with Crippen molar-refractivity contribution >= 4 is 45.8 Å². The predicted molar refractivity (Wildman–Crippen MR) is 140 cm³/mol. The maximum atomic E-state index is 13.4. The Morgan fingerprint density at radius 2 is 1.47 bits per heavy atom. The molecule has 4 aromatic rings. The fourth-order valence-corrected chi connectivity index (χ4v) is 5.34. The summed E-state index contributed by atoms with van der Waals surface area (Å²) in [4.78, 5) is 42.9. The van der Waals surface area contributed by atoms with E-state index < -0.39 is 12.6 Å². The first-order valence-electron chi connectivity index (χ1n) is 11.9. The van der Waals surface area contributed by atoms with Gasteiger partial charge in [-0.2, -0.15) is 5.10 Å². The number of nitrogens with zero attached hydrogens (tertiary/aromatic N) is 3. The van der Waals surface area contributed by atoms with Crippen LogP contribution in [-0.2, 0) is 16.1 Å². The number of hydrogen-bond acceptors (Lipinski definition) is 6. The van der Waals surface area contributed by atoms with Gasteiger partial charge in [-0.05, 0) is 36.8 Å². The number of rotatable bonds is 7. The van der Waals surface area contributed by atoms with Gasteiger partial charge in [-0.3, -0.25) is 14.5 Å². The summed E-state index contributed by atoms with van der Waals surface area (Å²) in [5.74, 6) is -1.11. The van der Waals surface area contributed by atoms with Crippen LogP contribution < -0.4 is 10.5 Å². The highest BCUT2D eigenvalue weighted by molar-refractivity contribution is 7.99. The monoisotopic (exact) mass is 499 g/mol. The molecular weight excluding hydrogens is 474 g/mol. The van der Waals surface area contributed by atoms with E-state index in [0.29, 0.717) is 17.3 Å². The van der Waals surface area contributed by atoms with Crippen LogP contribution in [0.25, 0.3) is 10.8 Å². The zero-order chi connectivity index (χ0) is 25.1. The van der Waals surface area contributed by atoms with Crippen molar-refractivity contribution in [2.45, 2.75) is 42.5 Å². The van der Waals surface area contributed by atoms with Gasteiger partial charge in [-0.15, -0.1) is 0 Å². The van der Waals surface area contributed by atoms with Gasteiger partial charge >= 0.3 is 5.97 Å². The lowest BCUT2D eigenvalue weighted by molar-refractivity contribution is -0.121. The minimum atomic E-state index is -0.739. The van der Waals surface area contributed by atoms with E-state index in [0.717, 1.165) is 40.4 Å². The molecule has 1 aliphatic rings. The van der Waals surface area contributed by atoms with Crippen molar-refractivity contribution in [3.63, 3.8) is 0 Å². The highest BCUT2D eigenvalue weighted by Gasteiger charge is 2.29. The lowest BCUT2D eigenvalue weighted by Crippen LogP contribution is -2.33. The standard InChI is InChI=1S/C28H25N3O4S/c1-2-3-10-17-30-27(33)20-12-5-4-11-19(20)26(29-30)28(34)35-18-25(32)31-21-13-6-8-15-23(21)36-24-16-9-7-14-22(24)31/h4-9,11-16H,2-3,10,17-18H2,1H3. The molecule has 1 amide bonds. The lowest BCUT2D eigenvalue weighted by Gasteiger charge is -2.30. The molecule has 0 saturated heterocycles. The number of para-hydroxylation sites is 2. The second-order valence-corrected chi connectivity index (χ2v) is 9.56. The van der Waals surface area contributed by atoms with Crippen LogP contribution in [0.2, 0.25) is 0 Å². The average molecular weight is 500 g/mol. The average Bonchev–Trinajstić information content (AvgIpc) is 2.91. The van der Waals surface area contributed by atoms with E-state index in [2.05, 4.69) is 12.0 Å². The molecule has 0 saturated carbocycles. The van der Waals surface area contributed by atoms with E-state index in [1.807, 2.05) is 48.5 Å². The number of anilines is 2. The Balaban J connectivity index is 1.42. The second-order valence-electron chi connectivity index (χ2n) is 8.47. The lowest BCUT2D eigenvalue weighted by atomic mass is 10.1. The normalized spacial score (nSPS) is 12.2. The van der Waals surface area contributed by atoms with E-state index in [4.69, 9.17) is 4.74 Å². The minimum Gasteiger partial charge on any atom is -0.451 e. The molecule has 0 bridgehead atoms. The Bertz CT molecular complexity index is 1470. The maximum absolute atomic E-state index is 13.4. The molecule has 2 heterocycles. The molecule has 0 spiro atoms. The molecule has 0 fully saturated rings. The number of hydrogen-bond donors (Lipinski definition) is 0. The number of unbranched alkanes of at least 4 members (excludes halogenated alkanes) is 2. The van der Waals surface area contributed by atoms with Gasteiger partial charge in [-0.25, -0.2) is 9.48 Å². The van der Waals surface area contributed by atoms with Crippen molar-refractivity contribution in [3.05, 3.63) is 88.8 Å². The summed E-state index contributed by atoms with van der Waals surface area (Å²) >= 11 is 1.59. The van der Waals surface area contributed by atoms with Crippen molar-refractivity contribution in [1.82, 2.24) is 9.78 Å². The third kappa shape index (κ3) is 4.52. The van der Waals surface area contributed by atoms with E-state index in [-0.39, 0.29) is 17.2 Å². The third-order valence-corrected chi connectivity index (χ3v) is 7.17. The summed E-state index contributed by atoms with van der Waals surface area (Å²) in [5, 5.41) is 5.15. The fourth-order valence-electron chi connectivity index (χ4n) is 4.28. The Hall–Kier alpha value is -3.91. The number of benzene rings is 3. The largest absolute Gasteiger partial charge is 0.451 e. The zero-order valence-corrected chi connectivity index (χ0v) is 20.7. The molecule has 0 aliphatic carbocycles. The number of aromatic nitrogens is 2. The van der Waals surface area contributed by atoms with Crippen molar-refractivity contribution in [3.8, 4) is 0 Å². The quantitative estimate of drug-likeness (QED) is 0.244. The Labute approximate surface area is 212 Å². The molecule has 5 rings (SSSR count). The van der Waals surface area contributed by atoms with Gasteiger partial charge in [0, 0.05) is 21.7 Å². The van der Waals surface area contributed by atoms with Crippen LogP contribution in [0, 0.1) is 0 Å². The van der Waals surface area contributed by atoms with Crippen LogP contribution in [0.3, 0.4) is 0 Å². The maximum Gasteiger partial charge on any atom is 0.359 e. The number of carbonyl (C=O) groups excluding carboxylic acids is 2. The van der Waals surface area contributed by atoms with E-state index in [1.165, 1.54) is 4.68 Å². The number of fused-ring (bicyclic) bond motifs is 3. The highest BCUT2D eigenvalue weighted by Crippen LogP contribution is 2.47. The van der Waals surface area contributed by atoms with Crippen LogP contribution in [-0.4, -0.2) is 28.3 Å². The molecule has 1 aliphatic heterocycles. The van der Waals surface area contributed by atoms with Crippen molar-refractivity contribution in [1.29, 1.82) is 0 Å². The van der Waals surface area contributed by atoms with Gasteiger partial charge in [0.2, 0.25) is 0 Å². The summed E-state index contributed by atoms with van der Waals surface area (Å²) in [5.41, 5.74) is 1.28. The van der Waals surface area contributed by atoms with Gasteiger partial charge in [0.25, 0.3) is 11.5 Å². The predicted octanol–water partition coefficient (Wildman–Crippen LogP) is 5.57. The first-order chi connectivity index (χ1) is 17.6. The highest BCUT2D eigenvalue weighted by atomic mass is 32.2. The third-order valence-electron chi connectivity index (χ3n) is 6.04. The topological polar surface area (TPSA) is 81.5 Å². The number of carbonyl (C=O) groups is 2. The number of amides is 1. The molecule has 0 N–H and O–H groups in total. The van der Waals surface area contributed by atoms with Gasteiger partial charge in [0.15, 0.2) is 12.3 Å². The molecule has 182 valence electrons. The number of aryl methyl sites for hydroxylation is 1. The van der Waals surface area contributed by atoms with Crippen LogP contribution >= 0.6 is 11.8 Å². The molecular formula is C28H25N3O4S. The minimum absolute atomic E-state index is 0.0319. The molecule has 36 heavy (non-hydrogen) atoms. The van der Waals surface area contributed by atoms with Crippen LogP contribution in [0.5, 0.6) is 0 Å². The Morgan fingerprint density at radius 1 is 0.861 bits per heavy atom. The van der Waals surface area contributed by atoms with Gasteiger partial charge in [0.05, 0.1) is 16.8 Å². The molecule has 0 unspecified atom stereocenters. The van der Waals surface area contributed by atoms with Crippen LogP contribution in [0.1, 0.15) is 36.7 Å². The van der Waals surface area contributed by atoms with Crippen molar-refractivity contribution < 1.29 is 14.3 Å². The van der Waals surface area contributed by atoms with E-state index in [9.17, 15) is 14.4 Å². The van der Waals surface area contributed by atoms with E-state index >= 15 is 0 Å². The van der Waals surface area contributed by atoms with E-state index in [1.54, 1.807) is 40.9 Å². The number of ether oxygens (including phenoxy) is 1. The molecule has 7 nitrogen and oxygen atoms in total. The summed E-state index contributed by atoms with van der Waals surface area (Å²) < 4.78 is 6.81. The molecule has 3 aromatic carbocycles. The molecule has 0 atom stereocenters. The zero-order valence-electron chi connectivity index (χ0n) is 19.8. The molecule has 0 radical (unpaired) electrons. The fraction of sp³-hybridized carbons (Fsp3) is 0.214. The van der Waals surface area contributed by atoms with Crippen LogP contribution in [0.4, 0.5) is 11.4 Å². The van der Waals surface area contributed by atoms with Gasteiger partial charge < -0.3 is 4.74 Å². The van der Waals surface area contributed by atoms with Crippen LogP contribution in [0.15, 0.2) is 87.4 Å². The smallest absolute Gasteiger partial charge is 0.359 e. The van der Waals surface area contributed by atoms with Crippen molar-refractivity contribution in [2.24, 2.45) is 0 Å². The summed E-state index contributed by atoms with van der Waals surface area (Å²) in [6.45, 7) is 2.03. The van der Waals surface area contributed by atoms with Crippen molar-refractivity contribution in [2.75, 3.05) is 11.5 Å². The summed E-state index contributed by atoms with van der Waals surface area (Å²) in [6, 6.07) is 22.1. The first kappa shape index (κ1) is 23.8. The summed E-state index contributed by atoms with van der Waals surface area (Å²) in [6.07, 6.45) is 2.73.